The highest BCUT2D eigenvalue weighted by Gasteiger charge is 2.64. The zero-order valence-electron chi connectivity index (χ0n) is 19.4. The lowest BCUT2D eigenvalue weighted by Crippen LogP contribution is -2.61. The van der Waals surface area contributed by atoms with E-state index in [2.05, 4.69) is 13.8 Å². The van der Waals surface area contributed by atoms with E-state index >= 15 is 4.39 Å². The van der Waals surface area contributed by atoms with Crippen LogP contribution in [-0.4, -0.2) is 31.6 Å². The topological polar surface area (TPSA) is 18.5 Å². The van der Waals surface area contributed by atoms with Crippen LogP contribution >= 0.6 is 0 Å². The molecule has 0 bridgehead atoms. The van der Waals surface area contributed by atoms with Gasteiger partial charge >= 0.3 is 0 Å². The Morgan fingerprint density at radius 2 is 1.07 bits per heavy atom. The molecule has 0 aromatic rings. The molecule has 3 heteroatoms. The average Bonchev–Trinajstić information content (AvgIpc) is 2.75. The van der Waals surface area contributed by atoms with E-state index in [1.54, 1.807) is 0 Å². The van der Waals surface area contributed by atoms with Crippen LogP contribution in [0.1, 0.15) is 123 Å². The molecule has 0 amide bonds. The molecule has 3 rings (SSSR count). The highest BCUT2D eigenvalue weighted by molar-refractivity contribution is 5.13. The van der Waals surface area contributed by atoms with Crippen molar-refractivity contribution in [3.63, 3.8) is 0 Å². The predicted octanol–water partition coefficient (Wildman–Crippen LogP) is 7.78. The Hall–Kier alpha value is -0.150. The van der Waals surface area contributed by atoms with E-state index in [1.807, 2.05) is 0 Å². The predicted molar refractivity (Wildman–Crippen MR) is 119 cm³/mol. The maximum absolute atomic E-state index is 15.6. The Morgan fingerprint density at radius 1 is 0.655 bits per heavy atom. The molecule has 0 aromatic carbocycles. The lowest BCUT2D eigenvalue weighted by atomic mass is 9.43. The summed E-state index contributed by atoms with van der Waals surface area (Å²) in [6.45, 7) is 6.30. The van der Waals surface area contributed by atoms with Crippen molar-refractivity contribution in [1.29, 1.82) is 0 Å². The molecule has 170 valence electrons. The van der Waals surface area contributed by atoms with Gasteiger partial charge < -0.3 is 9.47 Å². The summed E-state index contributed by atoms with van der Waals surface area (Å²) in [6.07, 6.45) is 20.0. The molecular weight excluding hydrogens is 363 g/mol. The molecule has 3 aliphatic rings. The lowest BCUT2D eigenvalue weighted by Gasteiger charge is -2.63. The van der Waals surface area contributed by atoms with Crippen molar-refractivity contribution in [3.8, 4) is 0 Å². The van der Waals surface area contributed by atoms with Crippen LogP contribution < -0.4 is 0 Å². The summed E-state index contributed by atoms with van der Waals surface area (Å²) < 4.78 is 27.8. The SMILES string of the molecule is CCCCCCOC1CC[C@]2(CC1)C[C@@]1(CCC(OCCCCCC)CC1)C2F. The van der Waals surface area contributed by atoms with Gasteiger partial charge in [-0.25, -0.2) is 4.39 Å². The summed E-state index contributed by atoms with van der Waals surface area (Å²) in [4.78, 5) is 0. The fraction of sp³-hybridized carbons (Fsp3) is 1.00. The van der Waals surface area contributed by atoms with Gasteiger partial charge in [0.25, 0.3) is 0 Å². The van der Waals surface area contributed by atoms with Crippen LogP contribution in [-0.2, 0) is 9.47 Å². The van der Waals surface area contributed by atoms with Crippen molar-refractivity contribution in [2.75, 3.05) is 13.2 Å². The fourth-order valence-electron chi connectivity index (χ4n) is 6.48. The highest BCUT2D eigenvalue weighted by Crippen LogP contribution is 2.67. The van der Waals surface area contributed by atoms with Gasteiger partial charge in [-0.05, 0) is 70.6 Å². The second-order valence-corrected chi connectivity index (χ2v) is 10.5. The summed E-state index contributed by atoms with van der Waals surface area (Å²) >= 11 is 0. The van der Waals surface area contributed by atoms with Crippen molar-refractivity contribution in [1.82, 2.24) is 0 Å². The number of rotatable bonds is 12. The normalized spacial score (nSPS) is 37.1. The molecule has 2 nitrogen and oxygen atoms in total. The zero-order chi connectivity index (χ0) is 20.6. The molecule has 2 spiro atoms. The fourth-order valence-corrected chi connectivity index (χ4v) is 6.48. The molecule has 0 saturated heterocycles. The van der Waals surface area contributed by atoms with Gasteiger partial charge in [-0.2, -0.15) is 0 Å². The second-order valence-electron chi connectivity index (χ2n) is 10.5. The first-order valence-corrected chi connectivity index (χ1v) is 13.0. The number of hydrogen-bond acceptors (Lipinski definition) is 2. The van der Waals surface area contributed by atoms with Crippen LogP contribution in [0.5, 0.6) is 0 Å². The van der Waals surface area contributed by atoms with Crippen molar-refractivity contribution >= 4 is 0 Å². The first kappa shape index (κ1) is 23.5. The van der Waals surface area contributed by atoms with Gasteiger partial charge in [-0.3, -0.25) is 0 Å². The molecule has 3 fully saturated rings. The quantitative estimate of drug-likeness (QED) is 0.306. The van der Waals surface area contributed by atoms with Crippen LogP contribution in [0.2, 0.25) is 0 Å². The van der Waals surface area contributed by atoms with E-state index in [-0.39, 0.29) is 10.8 Å². The monoisotopic (exact) mass is 410 g/mol. The van der Waals surface area contributed by atoms with E-state index < -0.39 is 6.17 Å². The Kier molecular flexibility index (Phi) is 9.29. The van der Waals surface area contributed by atoms with Gasteiger partial charge in [0.05, 0.1) is 12.2 Å². The zero-order valence-corrected chi connectivity index (χ0v) is 19.4. The third kappa shape index (κ3) is 5.97. The molecular formula is C26H47FO2. The van der Waals surface area contributed by atoms with E-state index in [4.69, 9.17) is 9.47 Å². The van der Waals surface area contributed by atoms with Crippen LogP contribution in [0.25, 0.3) is 0 Å². The Balaban J connectivity index is 1.32. The molecule has 0 N–H and O–H groups in total. The van der Waals surface area contributed by atoms with Gasteiger partial charge in [-0.15, -0.1) is 0 Å². The minimum atomic E-state index is -0.578. The molecule has 3 aliphatic carbocycles. The first-order chi connectivity index (χ1) is 14.1. The summed E-state index contributed by atoms with van der Waals surface area (Å²) in [6, 6.07) is 0. The maximum atomic E-state index is 15.6. The molecule has 3 saturated carbocycles. The van der Waals surface area contributed by atoms with E-state index in [1.165, 1.54) is 51.4 Å². The lowest BCUT2D eigenvalue weighted by molar-refractivity contribution is -0.196. The van der Waals surface area contributed by atoms with E-state index in [0.29, 0.717) is 12.2 Å². The van der Waals surface area contributed by atoms with E-state index in [0.717, 1.165) is 71.0 Å². The Morgan fingerprint density at radius 3 is 1.41 bits per heavy atom. The van der Waals surface area contributed by atoms with Crippen molar-refractivity contribution < 1.29 is 13.9 Å². The number of halogens is 1. The number of hydrogen-bond donors (Lipinski definition) is 0. The van der Waals surface area contributed by atoms with Gasteiger partial charge in [0, 0.05) is 24.0 Å². The van der Waals surface area contributed by atoms with E-state index in [9.17, 15) is 0 Å². The smallest absolute Gasteiger partial charge is 0.111 e. The minimum absolute atomic E-state index is 0.00405. The maximum Gasteiger partial charge on any atom is 0.111 e. The Bertz CT molecular complexity index is 410. The minimum Gasteiger partial charge on any atom is -0.378 e. The summed E-state index contributed by atoms with van der Waals surface area (Å²) in [5, 5.41) is 0. The summed E-state index contributed by atoms with van der Waals surface area (Å²) in [5.74, 6) is 0. The molecule has 29 heavy (non-hydrogen) atoms. The summed E-state index contributed by atoms with van der Waals surface area (Å²) in [7, 11) is 0. The largest absolute Gasteiger partial charge is 0.378 e. The number of alkyl halides is 1. The van der Waals surface area contributed by atoms with Gasteiger partial charge in [0.15, 0.2) is 0 Å². The van der Waals surface area contributed by atoms with Crippen molar-refractivity contribution in [3.05, 3.63) is 0 Å². The van der Waals surface area contributed by atoms with Crippen LogP contribution in [0.15, 0.2) is 0 Å². The number of ether oxygens (including phenoxy) is 2. The second kappa shape index (κ2) is 11.5. The van der Waals surface area contributed by atoms with Gasteiger partial charge in [0.2, 0.25) is 0 Å². The van der Waals surface area contributed by atoms with Crippen LogP contribution in [0.3, 0.4) is 0 Å². The van der Waals surface area contributed by atoms with Crippen molar-refractivity contribution in [2.45, 2.75) is 141 Å². The molecule has 0 aliphatic heterocycles. The molecule has 0 unspecified atom stereocenters. The molecule has 0 heterocycles. The van der Waals surface area contributed by atoms with Crippen LogP contribution in [0, 0.1) is 10.8 Å². The molecule has 0 radical (unpaired) electrons. The average molecular weight is 411 g/mol. The third-order valence-corrected chi connectivity index (χ3v) is 8.34. The van der Waals surface area contributed by atoms with Gasteiger partial charge in [-0.1, -0.05) is 52.4 Å². The summed E-state index contributed by atoms with van der Waals surface area (Å²) in [5.41, 5.74) is -0.00810. The van der Waals surface area contributed by atoms with Crippen molar-refractivity contribution in [2.24, 2.45) is 10.8 Å². The number of unbranched alkanes of at least 4 members (excludes halogenated alkanes) is 6. The van der Waals surface area contributed by atoms with Gasteiger partial charge in [0.1, 0.15) is 6.17 Å². The molecule has 0 aromatic heterocycles. The van der Waals surface area contributed by atoms with Crippen LogP contribution in [0.4, 0.5) is 4.39 Å². The third-order valence-electron chi connectivity index (χ3n) is 8.34. The standard InChI is InChI=1S/C26H47FO2/c1-3-5-7-9-19-28-22-11-15-25(16-12-22)21-26(24(25)27)17-13-23(14-18-26)29-20-10-8-6-4-2/h22-24H,3-21H2,1-2H3/t22?,23?,24?,25-,26-. The Labute approximate surface area is 179 Å². The highest BCUT2D eigenvalue weighted by atomic mass is 19.1. The first-order valence-electron chi connectivity index (χ1n) is 13.0. The molecule has 0 atom stereocenters.